The van der Waals surface area contributed by atoms with Crippen LogP contribution in [0.25, 0.3) is 0 Å². The Hall–Kier alpha value is -2.76. The van der Waals surface area contributed by atoms with E-state index in [0.29, 0.717) is 45.3 Å². The zero-order valence-corrected chi connectivity index (χ0v) is 10.4. The molecule has 0 aromatic heterocycles. The molecule has 2 rings (SSSR count). The Morgan fingerprint density at radius 2 is 0.842 bits per heavy atom. The summed E-state index contributed by atoms with van der Waals surface area (Å²) in [5.41, 5.74) is 39.0. The maximum Gasteiger partial charge on any atom is 0.0607 e. The number of nitrogens with two attached hydrogens (primary N) is 6. The van der Waals surface area contributed by atoms with E-state index < -0.39 is 0 Å². The number of rotatable bonds is 2. The van der Waals surface area contributed by atoms with Crippen LogP contribution >= 0.6 is 0 Å². The van der Waals surface area contributed by atoms with Crippen LogP contribution in [0.4, 0.5) is 34.1 Å². The standard InChI is InChI=1S/C13H17N6/c14-8-1-3-10(16)12(18)6(8)5-7-9(15)2-4-11(17)13(7)19/h1-5H,14-19H2. The second-order valence-corrected chi connectivity index (χ2v) is 4.29. The molecule has 0 aliphatic heterocycles. The van der Waals surface area contributed by atoms with E-state index in [4.69, 9.17) is 34.4 Å². The van der Waals surface area contributed by atoms with Gasteiger partial charge in [-0.2, -0.15) is 0 Å². The zero-order chi connectivity index (χ0) is 14.2. The van der Waals surface area contributed by atoms with Crippen LogP contribution in [0.5, 0.6) is 0 Å². The molecule has 19 heavy (non-hydrogen) atoms. The molecule has 1 radical (unpaired) electrons. The molecule has 0 aliphatic rings. The van der Waals surface area contributed by atoms with Gasteiger partial charge < -0.3 is 34.4 Å². The van der Waals surface area contributed by atoms with Crippen LogP contribution in [0.2, 0.25) is 0 Å². The molecule has 0 aliphatic carbocycles. The highest BCUT2D eigenvalue weighted by Gasteiger charge is 2.14. The van der Waals surface area contributed by atoms with Crippen molar-refractivity contribution >= 4 is 34.1 Å². The molecule has 12 N–H and O–H groups in total. The van der Waals surface area contributed by atoms with Gasteiger partial charge in [-0.25, -0.2) is 0 Å². The predicted octanol–water partition coefficient (Wildman–Crippen LogP) is 0.780. The van der Waals surface area contributed by atoms with Gasteiger partial charge in [0.05, 0.1) is 22.7 Å². The lowest BCUT2D eigenvalue weighted by atomic mass is 9.97. The summed E-state index contributed by atoms with van der Waals surface area (Å²) in [6.45, 7) is 0. The highest BCUT2D eigenvalue weighted by molar-refractivity contribution is 5.83. The molecule has 0 spiro atoms. The predicted molar refractivity (Wildman–Crippen MR) is 81.9 cm³/mol. The number of hydrogen-bond acceptors (Lipinski definition) is 6. The third kappa shape index (κ3) is 2.15. The maximum atomic E-state index is 5.92. The van der Waals surface area contributed by atoms with Gasteiger partial charge in [0, 0.05) is 28.9 Å². The van der Waals surface area contributed by atoms with Crippen LogP contribution in [-0.4, -0.2) is 0 Å². The average molecular weight is 257 g/mol. The van der Waals surface area contributed by atoms with Crippen LogP contribution in [0.3, 0.4) is 0 Å². The Morgan fingerprint density at radius 1 is 0.526 bits per heavy atom. The molecule has 0 amide bonds. The monoisotopic (exact) mass is 257 g/mol. The lowest BCUT2D eigenvalue weighted by Gasteiger charge is -2.15. The van der Waals surface area contributed by atoms with Gasteiger partial charge in [-0.15, -0.1) is 0 Å². The topological polar surface area (TPSA) is 156 Å². The number of benzene rings is 2. The molecular weight excluding hydrogens is 240 g/mol. The van der Waals surface area contributed by atoms with E-state index in [0.717, 1.165) is 0 Å². The van der Waals surface area contributed by atoms with Gasteiger partial charge >= 0.3 is 0 Å². The minimum Gasteiger partial charge on any atom is -0.398 e. The first kappa shape index (κ1) is 12.7. The van der Waals surface area contributed by atoms with E-state index in [9.17, 15) is 0 Å². The van der Waals surface area contributed by atoms with E-state index in [1.54, 1.807) is 30.7 Å². The molecule has 0 fully saturated rings. The van der Waals surface area contributed by atoms with Crippen LogP contribution in [0, 0.1) is 6.42 Å². The van der Waals surface area contributed by atoms with Gasteiger partial charge in [0.2, 0.25) is 0 Å². The largest absolute Gasteiger partial charge is 0.398 e. The van der Waals surface area contributed by atoms with Gasteiger partial charge in [-0.3, -0.25) is 0 Å². The van der Waals surface area contributed by atoms with E-state index in [1.807, 2.05) is 0 Å². The van der Waals surface area contributed by atoms with E-state index in [2.05, 4.69) is 0 Å². The van der Waals surface area contributed by atoms with Crippen molar-refractivity contribution in [1.29, 1.82) is 0 Å². The fourth-order valence-corrected chi connectivity index (χ4v) is 1.81. The Bertz CT molecular complexity index is 580. The molecule has 6 heteroatoms. The van der Waals surface area contributed by atoms with Crippen molar-refractivity contribution < 1.29 is 0 Å². The summed E-state index contributed by atoms with van der Waals surface area (Å²) in [6, 6.07) is 6.65. The first-order valence-electron chi connectivity index (χ1n) is 5.63. The molecule has 0 heterocycles. The minimum atomic E-state index is 0.390. The first-order valence-corrected chi connectivity index (χ1v) is 5.63. The summed E-state index contributed by atoms with van der Waals surface area (Å²) in [4.78, 5) is 0. The van der Waals surface area contributed by atoms with E-state index >= 15 is 0 Å². The normalized spacial score (nSPS) is 10.5. The fraction of sp³-hybridized carbons (Fsp3) is 0. The molecule has 6 nitrogen and oxygen atoms in total. The molecule has 0 saturated heterocycles. The lowest BCUT2D eigenvalue weighted by molar-refractivity contribution is 1.43. The molecule has 0 atom stereocenters. The highest BCUT2D eigenvalue weighted by Crippen LogP contribution is 2.35. The summed E-state index contributed by atoms with van der Waals surface area (Å²) in [7, 11) is 0. The number of anilines is 6. The smallest absolute Gasteiger partial charge is 0.0607 e. The van der Waals surface area contributed by atoms with Crippen molar-refractivity contribution in [3.8, 4) is 0 Å². The lowest BCUT2D eigenvalue weighted by Crippen LogP contribution is -2.07. The van der Waals surface area contributed by atoms with Gasteiger partial charge in [0.15, 0.2) is 0 Å². The summed E-state index contributed by atoms with van der Waals surface area (Å²) in [6.07, 6.45) is 1.70. The van der Waals surface area contributed by atoms with Crippen molar-refractivity contribution in [2.45, 2.75) is 0 Å². The summed E-state index contributed by atoms with van der Waals surface area (Å²) in [5, 5.41) is 0. The first-order chi connectivity index (χ1) is 8.91. The highest BCUT2D eigenvalue weighted by atomic mass is 14.7. The van der Waals surface area contributed by atoms with Crippen LogP contribution in [0.1, 0.15) is 11.1 Å². The summed E-state index contributed by atoms with van der Waals surface area (Å²) < 4.78 is 0. The average Bonchev–Trinajstić information content (AvgIpc) is 2.38. The van der Waals surface area contributed by atoms with Gasteiger partial charge in [-0.05, 0) is 24.3 Å². The van der Waals surface area contributed by atoms with Crippen molar-refractivity contribution in [1.82, 2.24) is 0 Å². The number of nitrogen functional groups attached to an aromatic ring is 6. The fourth-order valence-electron chi connectivity index (χ4n) is 1.81. The van der Waals surface area contributed by atoms with Crippen LogP contribution in [-0.2, 0) is 0 Å². The van der Waals surface area contributed by atoms with Gasteiger partial charge in [0.1, 0.15) is 0 Å². The Labute approximate surface area is 111 Å². The minimum absolute atomic E-state index is 0.390. The molecule has 0 bridgehead atoms. The van der Waals surface area contributed by atoms with Crippen molar-refractivity contribution in [3.63, 3.8) is 0 Å². The Kier molecular flexibility index (Phi) is 3.00. The third-order valence-electron chi connectivity index (χ3n) is 3.00. The second kappa shape index (κ2) is 4.49. The SMILES string of the molecule is Nc1ccc(N)c([CH]c2c(N)ccc(N)c2N)c1N. The van der Waals surface area contributed by atoms with Gasteiger partial charge in [-0.1, -0.05) is 0 Å². The summed E-state index contributed by atoms with van der Waals surface area (Å²) >= 11 is 0. The molecule has 0 saturated carbocycles. The molecule has 0 unspecified atom stereocenters. The maximum absolute atomic E-state index is 5.92. The number of hydrogen-bond donors (Lipinski definition) is 6. The third-order valence-corrected chi connectivity index (χ3v) is 3.00. The van der Waals surface area contributed by atoms with E-state index in [-0.39, 0.29) is 0 Å². The second-order valence-electron chi connectivity index (χ2n) is 4.29. The van der Waals surface area contributed by atoms with E-state index in [1.165, 1.54) is 0 Å². The molecule has 2 aromatic carbocycles. The van der Waals surface area contributed by atoms with Crippen molar-refractivity contribution in [2.24, 2.45) is 0 Å². The molecular formula is C13H17N6. The summed E-state index contributed by atoms with van der Waals surface area (Å²) in [5.74, 6) is 0. The molecule has 99 valence electrons. The molecule has 2 aromatic rings. The van der Waals surface area contributed by atoms with Crippen LogP contribution < -0.4 is 34.4 Å². The van der Waals surface area contributed by atoms with Gasteiger partial charge in [0.25, 0.3) is 0 Å². The van der Waals surface area contributed by atoms with Crippen molar-refractivity contribution in [3.05, 3.63) is 41.8 Å². The quantitative estimate of drug-likeness (QED) is 0.436. The van der Waals surface area contributed by atoms with Crippen LogP contribution in [0.15, 0.2) is 24.3 Å². The Morgan fingerprint density at radius 3 is 1.21 bits per heavy atom. The van der Waals surface area contributed by atoms with Crippen molar-refractivity contribution in [2.75, 3.05) is 34.4 Å². The Balaban J connectivity index is 2.54. The zero-order valence-electron chi connectivity index (χ0n) is 10.4.